The number of para-hydroxylation sites is 2. The third kappa shape index (κ3) is 7.59. The zero-order chi connectivity index (χ0) is 22.1. The Kier molecular flexibility index (Phi) is 11.7. The minimum absolute atomic E-state index is 0. The summed E-state index contributed by atoms with van der Waals surface area (Å²) < 4.78 is 2.19. The van der Waals surface area contributed by atoms with E-state index in [1.54, 1.807) is 0 Å². The molecule has 0 aliphatic carbocycles. The minimum atomic E-state index is 0. The van der Waals surface area contributed by atoms with Gasteiger partial charge in [0.2, 0.25) is 11.4 Å². The van der Waals surface area contributed by atoms with Gasteiger partial charge in [0.15, 0.2) is 0 Å². The molecule has 3 rings (SSSR count). The fraction of sp³-hybridized carbons (Fsp3) is 0.200. The van der Waals surface area contributed by atoms with E-state index in [9.17, 15) is 0 Å². The summed E-state index contributed by atoms with van der Waals surface area (Å²) in [7, 11) is 11.6. The zero-order valence-electron chi connectivity index (χ0n) is 18.8. The molecule has 0 aliphatic rings. The first-order valence-electron chi connectivity index (χ1n) is 9.45. The van der Waals surface area contributed by atoms with Gasteiger partial charge in [-0.1, -0.05) is 42.5 Å². The first kappa shape index (κ1) is 27.1. The van der Waals surface area contributed by atoms with Crippen molar-refractivity contribution in [3.63, 3.8) is 0 Å². The number of nitrogens with zero attached hydrogens (tertiary/aromatic N) is 3. The molecule has 0 saturated carbocycles. The second-order valence-corrected chi connectivity index (χ2v) is 8.70. The molecule has 165 valence electrons. The van der Waals surface area contributed by atoms with Crippen LogP contribution in [0, 0.1) is 21.3 Å². The normalized spacial score (nSPS) is 11.6. The fourth-order valence-corrected chi connectivity index (χ4v) is 3.06. The number of pyridine rings is 1. The molecule has 3 aromatic rings. The van der Waals surface area contributed by atoms with Crippen molar-refractivity contribution in [3.05, 3.63) is 96.7 Å². The fourth-order valence-electron chi connectivity index (χ4n) is 3.06. The van der Waals surface area contributed by atoms with Crippen LogP contribution in [-0.4, -0.2) is 28.0 Å². The van der Waals surface area contributed by atoms with Crippen molar-refractivity contribution >= 4 is 43.0 Å². The average molecular weight is 498 g/mol. The molecule has 6 heteroatoms. The number of aromatic nitrogens is 1. The third-order valence-corrected chi connectivity index (χ3v) is 4.87. The molecule has 31 heavy (non-hydrogen) atoms. The molecule has 1 aromatic heterocycles. The van der Waals surface area contributed by atoms with Gasteiger partial charge in [-0.2, -0.15) is 4.58 Å². The Morgan fingerprint density at radius 1 is 0.839 bits per heavy atom. The van der Waals surface area contributed by atoms with E-state index in [4.69, 9.17) is 30.2 Å². The Morgan fingerprint density at radius 3 is 2.00 bits per heavy atom. The molecule has 0 amide bonds. The molecule has 2 aromatic carbocycles. The van der Waals surface area contributed by atoms with Crippen molar-refractivity contribution in [3.8, 4) is 0 Å². The molecule has 0 N–H and O–H groups in total. The number of aryl methyl sites for hydroxylation is 2. The van der Waals surface area contributed by atoms with Gasteiger partial charge in [-0.05, 0) is 44.5 Å². The van der Waals surface area contributed by atoms with Crippen LogP contribution < -0.4 is 0 Å². The van der Waals surface area contributed by atoms with Crippen LogP contribution >= 0.6 is 20.2 Å². The van der Waals surface area contributed by atoms with Crippen LogP contribution in [0.15, 0.2) is 71.7 Å². The van der Waals surface area contributed by atoms with Crippen molar-refractivity contribution in [2.24, 2.45) is 4.99 Å². The van der Waals surface area contributed by atoms with Gasteiger partial charge in [-0.15, -0.1) is 0 Å². The van der Waals surface area contributed by atoms with E-state index in [1.807, 2.05) is 37.3 Å². The molecule has 0 atom stereocenters. The van der Waals surface area contributed by atoms with Gasteiger partial charge < -0.3 is 7.43 Å². The van der Waals surface area contributed by atoms with Gasteiger partial charge in [-0.25, -0.2) is 4.98 Å². The SMILES string of the molecule is CC(=Nc1ccccc1C)c1cccc(C(C)=[N+](C)c2ccccc2C)n1.[CH3-].[Cl][Fe+][Cl]. The van der Waals surface area contributed by atoms with Crippen molar-refractivity contribution in [1.82, 2.24) is 4.98 Å². The van der Waals surface area contributed by atoms with Crippen LogP contribution in [0.3, 0.4) is 0 Å². The van der Waals surface area contributed by atoms with Gasteiger partial charge in [0.25, 0.3) is 0 Å². The van der Waals surface area contributed by atoms with Crippen LogP contribution in [0.1, 0.15) is 36.4 Å². The van der Waals surface area contributed by atoms with Gasteiger partial charge >= 0.3 is 33.3 Å². The third-order valence-electron chi connectivity index (χ3n) is 4.87. The Morgan fingerprint density at radius 2 is 1.39 bits per heavy atom. The Hall–Kier alpha value is -1.97. The topological polar surface area (TPSA) is 28.3 Å². The molecule has 0 saturated heterocycles. The number of hydrogen-bond donors (Lipinski definition) is 0. The van der Waals surface area contributed by atoms with Crippen LogP contribution in [0.4, 0.5) is 11.4 Å². The summed E-state index contributed by atoms with van der Waals surface area (Å²) >= 11 is 0.194. The Balaban J connectivity index is 0.00000113. The van der Waals surface area contributed by atoms with Crippen LogP contribution in [0.25, 0.3) is 0 Å². The summed E-state index contributed by atoms with van der Waals surface area (Å²) in [6, 6.07) is 22.6. The standard InChI is InChI=1S/C24H26N3.CH3.2ClH.Fe/c1-17-11-6-8-13-21(17)25-19(3)22-14-10-15-23(26-22)20(4)27(5)24-16-9-7-12-18(24)2;;;;/h6-16H,1-5H3;1H3;2*1H;/q+1;-1;;;+3/p-2. The molecule has 0 spiro atoms. The number of hydrogen-bond acceptors (Lipinski definition) is 2. The quantitative estimate of drug-likeness (QED) is 0.159. The van der Waals surface area contributed by atoms with Crippen molar-refractivity contribution in [2.45, 2.75) is 27.7 Å². The predicted octanol–water partition coefficient (Wildman–Crippen LogP) is 7.45. The van der Waals surface area contributed by atoms with E-state index in [0.717, 1.165) is 34.1 Å². The van der Waals surface area contributed by atoms with Crippen LogP contribution in [0.2, 0.25) is 0 Å². The first-order valence-corrected chi connectivity index (χ1v) is 12.5. The summed E-state index contributed by atoms with van der Waals surface area (Å²) in [6.07, 6.45) is 0. The summed E-state index contributed by atoms with van der Waals surface area (Å²) in [4.78, 5) is 9.64. The molecule has 0 bridgehead atoms. The van der Waals surface area contributed by atoms with Gasteiger partial charge in [0.05, 0.1) is 17.1 Å². The molecular weight excluding hydrogens is 469 g/mol. The predicted molar refractivity (Wildman–Crippen MR) is 132 cm³/mol. The molecule has 3 nitrogen and oxygen atoms in total. The summed E-state index contributed by atoms with van der Waals surface area (Å²) in [5, 5.41) is 0. The van der Waals surface area contributed by atoms with E-state index in [0.29, 0.717) is 0 Å². The second kappa shape index (κ2) is 13.4. The van der Waals surface area contributed by atoms with E-state index in [1.165, 1.54) is 11.3 Å². The average Bonchev–Trinajstić information content (AvgIpc) is 2.75. The van der Waals surface area contributed by atoms with E-state index >= 15 is 0 Å². The maximum absolute atomic E-state index is 4.87. The number of halogens is 2. The van der Waals surface area contributed by atoms with E-state index in [-0.39, 0.29) is 20.6 Å². The maximum atomic E-state index is 4.87. The van der Waals surface area contributed by atoms with Gasteiger partial charge in [0.1, 0.15) is 12.7 Å². The summed E-state index contributed by atoms with van der Waals surface area (Å²) in [5.41, 5.74) is 8.45. The zero-order valence-corrected chi connectivity index (χ0v) is 21.4. The molecular formula is C25H29Cl2FeN3+. The van der Waals surface area contributed by atoms with E-state index < -0.39 is 0 Å². The molecule has 0 radical (unpaired) electrons. The van der Waals surface area contributed by atoms with Crippen molar-refractivity contribution < 1.29 is 17.7 Å². The van der Waals surface area contributed by atoms with Crippen molar-refractivity contribution in [1.29, 1.82) is 0 Å². The van der Waals surface area contributed by atoms with E-state index in [2.05, 4.69) is 68.8 Å². The molecule has 0 fully saturated rings. The number of rotatable bonds is 4. The molecule has 0 unspecified atom stereocenters. The summed E-state index contributed by atoms with van der Waals surface area (Å²) in [6.45, 7) is 8.32. The first-order chi connectivity index (χ1) is 14.4. The van der Waals surface area contributed by atoms with Crippen molar-refractivity contribution in [2.75, 3.05) is 7.05 Å². The van der Waals surface area contributed by atoms with Gasteiger partial charge in [-0.3, -0.25) is 4.99 Å². The van der Waals surface area contributed by atoms with Crippen LogP contribution in [-0.2, 0) is 13.1 Å². The Bertz CT molecular complexity index is 1060. The number of aliphatic imine (C=N–C) groups is 1. The monoisotopic (exact) mass is 497 g/mol. The second-order valence-electron chi connectivity index (χ2n) is 6.87. The van der Waals surface area contributed by atoms with Gasteiger partial charge in [0, 0.05) is 18.6 Å². The molecule has 0 aliphatic heterocycles. The Labute approximate surface area is 201 Å². The molecule has 1 heterocycles. The number of benzene rings is 2. The van der Waals surface area contributed by atoms with Crippen LogP contribution in [0.5, 0.6) is 0 Å². The summed E-state index contributed by atoms with van der Waals surface area (Å²) in [5.74, 6) is 0.